The van der Waals surface area contributed by atoms with Gasteiger partial charge in [-0.25, -0.2) is 9.97 Å². The van der Waals surface area contributed by atoms with Gasteiger partial charge in [-0.05, 0) is 37.6 Å². The summed E-state index contributed by atoms with van der Waals surface area (Å²) in [4.78, 5) is 13.2. The van der Waals surface area contributed by atoms with E-state index in [0.717, 1.165) is 28.1 Å². The molecule has 5 nitrogen and oxygen atoms in total. The largest absolute Gasteiger partial charge is 0.369 e. The standard InChI is InChI=1S/C14H15N5/c1-9-6-12-13(16-7-9)19(14(15)18-12)8-11-5-3-4-10(2)17-11/h3-7H,8H2,1-2H3,(H2,15,18). The molecule has 0 aromatic carbocycles. The number of anilines is 1. The van der Waals surface area contributed by atoms with Gasteiger partial charge < -0.3 is 5.73 Å². The molecule has 0 unspecified atom stereocenters. The van der Waals surface area contributed by atoms with Crippen LogP contribution in [0.1, 0.15) is 17.0 Å². The van der Waals surface area contributed by atoms with Crippen molar-refractivity contribution in [2.75, 3.05) is 5.73 Å². The summed E-state index contributed by atoms with van der Waals surface area (Å²) in [6, 6.07) is 7.93. The molecule has 5 heteroatoms. The van der Waals surface area contributed by atoms with E-state index in [1.165, 1.54) is 0 Å². The number of imidazole rings is 1. The molecule has 0 aliphatic rings. The Morgan fingerprint density at radius 3 is 2.84 bits per heavy atom. The van der Waals surface area contributed by atoms with Crippen LogP contribution in [0.5, 0.6) is 0 Å². The molecule has 0 saturated carbocycles. The van der Waals surface area contributed by atoms with Crippen LogP contribution in [0.4, 0.5) is 5.95 Å². The summed E-state index contributed by atoms with van der Waals surface area (Å²) in [7, 11) is 0. The van der Waals surface area contributed by atoms with Gasteiger partial charge in [0.1, 0.15) is 5.52 Å². The minimum atomic E-state index is 0.469. The second-order valence-corrected chi connectivity index (χ2v) is 4.68. The van der Waals surface area contributed by atoms with E-state index >= 15 is 0 Å². The van der Waals surface area contributed by atoms with E-state index in [9.17, 15) is 0 Å². The normalized spacial score (nSPS) is 11.1. The molecule has 0 aliphatic carbocycles. The van der Waals surface area contributed by atoms with Gasteiger partial charge in [0.2, 0.25) is 5.95 Å². The molecular formula is C14H15N5. The lowest BCUT2D eigenvalue weighted by molar-refractivity contribution is 0.796. The summed E-state index contributed by atoms with van der Waals surface area (Å²) in [6.45, 7) is 4.55. The molecule has 0 spiro atoms. The Labute approximate surface area is 111 Å². The molecule has 3 rings (SSSR count). The van der Waals surface area contributed by atoms with E-state index in [-0.39, 0.29) is 0 Å². The highest BCUT2D eigenvalue weighted by Gasteiger charge is 2.10. The van der Waals surface area contributed by atoms with Crippen molar-refractivity contribution < 1.29 is 0 Å². The van der Waals surface area contributed by atoms with Crippen LogP contribution >= 0.6 is 0 Å². The molecule has 96 valence electrons. The summed E-state index contributed by atoms with van der Waals surface area (Å²) < 4.78 is 1.89. The van der Waals surface area contributed by atoms with Crippen molar-refractivity contribution in [3.8, 4) is 0 Å². The molecule has 0 radical (unpaired) electrons. The van der Waals surface area contributed by atoms with Gasteiger partial charge in [-0.2, -0.15) is 0 Å². The van der Waals surface area contributed by atoms with E-state index < -0.39 is 0 Å². The summed E-state index contributed by atoms with van der Waals surface area (Å²) in [6.07, 6.45) is 1.82. The molecule has 3 heterocycles. The number of rotatable bonds is 2. The van der Waals surface area contributed by atoms with Crippen molar-refractivity contribution in [1.29, 1.82) is 0 Å². The third-order valence-corrected chi connectivity index (χ3v) is 3.02. The lowest BCUT2D eigenvalue weighted by Gasteiger charge is -2.06. The maximum absolute atomic E-state index is 5.97. The summed E-state index contributed by atoms with van der Waals surface area (Å²) in [5.41, 5.74) is 10.6. The number of hydrogen-bond acceptors (Lipinski definition) is 4. The minimum Gasteiger partial charge on any atom is -0.369 e. The molecule has 0 saturated heterocycles. The molecule has 0 atom stereocenters. The number of fused-ring (bicyclic) bond motifs is 1. The highest BCUT2D eigenvalue weighted by Crippen LogP contribution is 2.17. The topological polar surface area (TPSA) is 69.6 Å². The van der Waals surface area contributed by atoms with Crippen molar-refractivity contribution in [1.82, 2.24) is 19.5 Å². The van der Waals surface area contributed by atoms with E-state index in [2.05, 4.69) is 15.0 Å². The molecule has 19 heavy (non-hydrogen) atoms. The number of nitrogens with two attached hydrogens (primary N) is 1. The first-order valence-corrected chi connectivity index (χ1v) is 6.14. The fraction of sp³-hybridized carbons (Fsp3) is 0.214. The van der Waals surface area contributed by atoms with E-state index in [4.69, 9.17) is 5.73 Å². The third-order valence-electron chi connectivity index (χ3n) is 3.02. The molecule has 2 N–H and O–H groups in total. The first kappa shape index (κ1) is 11.6. The van der Waals surface area contributed by atoms with Crippen LogP contribution in [0.15, 0.2) is 30.5 Å². The van der Waals surface area contributed by atoms with E-state index in [0.29, 0.717) is 12.5 Å². The van der Waals surface area contributed by atoms with Crippen LogP contribution in [0.25, 0.3) is 11.2 Å². The highest BCUT2D eigenvalue weighted by atomic mass is 15.2. The summed E-state index contributed by atoms with van der Waals surface area (Å²) >= 11 is 0. The van der Waals surface area contributed by atoms with Gasteiger partial charge in [0, 0.05) is 11.9 Å². The van der Waals surface area contributed by atoms with Crippen LogP contribution in [0.2, 0.25) is 0 Å². The quantitative estimate of drug-likeness (QED) is 0.759. The van der Waals surface area contributed by atoms with Crippen molar-refractivity contribution >= 4 is 17.1 Å². The first-order valence-electron chi connectivity index (χ1n) is 6.14. The predicted octanol–water partition coefficient (Wildman–Crippen LogP) is 2.07. The second kappa shape index (κ2) is 4.35. The molecule has 0 amide bonds. The molecule has 3 aromatic heterocycles. The van der Waals surface area contributed by atoms with Gasteiger partial charge >= 0.3 is 0 Å². The Balaban J connectivity index is 2.07. The van der Waals surface area contributed by atoms with Crippen LogP contribution in [0, 0.1) is 13.8 Å². The minimum absolute atomic E-state index is 0.469. The Morgan fingerprint density at radius 2 is 2.05 bits per heavy atom. The van der Waals surface area contributed by atoms with E-state index in [1.807, 2.05) is 48.9 Å². The first-order chi connectivity index (χ1) is 9.13. The number of aryl methyl sites for hydroxylation is 2. The zero-order chi connectivity index (χ0) is 13.4. The maximum Gasteiger partial charge on any atom is 0.202 e. The zero-order valence-electron chi connectivity index (χ0n) is 11.0. The monoisotopic (exact) mass is 253 g/mol. The number of hydrogen-bond donors (Lipinski definition) is 1. The Kier molecular flexibility index (Phi) is 2.67. The second-order valence-electron chi connectivity index (χ2n) is 4.68. The van der Waals surface area contributed by atoms with Crippen LogP contribution < -0.4 is 5.73 Å². The Bertz CT molecular complexity index is 745. The van der Waals surface area contributed by atoms with E-state index in [1.54, 1.807) is 0 Å². The van der Waals surface area contributed by atoms with Crippen LogP contribution in [-0.4, -0.2) is 19.5 Å². The molecular weight excluding hydrogens is 238 g/mol. The van der Waals surface area contributed by atoms with Crippen LogP contribution in [-0.2, 0) is 6.54 Å². The van der Waals surface area contributed by atoms with Crippen molar-refractivity contribution in [2.45, 2.75) is 20.4 Å². The lowest BCUT2D eigenvalue weighted by Crippen LogP contribution is -2.07. The smallest absolute Gasteiger partial charge is 0.202 e. The molecule has 0 aliphatic heterocycles. The van der Waals surface area contributed by atoms with Gasteiger partial charge in [-0.1, -0.05) is 6.07 Å². The van der Waals surface area contributed by atoms with Crippen LogP contribution in [0.3, 0.4) is 0 Å². The van der Waals surface area contributed by atoms with Gasteiger partial charge in [0.05, 0.1) is 12.2 Å². The number of aromatic nitrogens is 4. The number of pyridine rings is 2. The fourth-order valence-corrected chi connectivity index (χ4v) is 2.13. The van der Waals surface area contributed by atoms with Crippen molar-refractivity contribution in [3.05, 3.63) is 47.4 Å². The SMILES string of the molecule is Cc1cnc2c(c1)nc(N)n2Cc1cccc(C)n1. The average molecular weight is 253 g/mol. The molecule has 0 bridgehead atoms. The van der Waals surface area contributed by atoms with Gasteiger partial charge in [0.25, 0.3) is 0 Å². The predicted molar refractivity (Wildman–Crippen MR) is 74.8 cm³/mol. The fourth-order valence-electron chi connectivity index (χ4n) is 2.13. The number of nitrogens with zero attached hydrogens (tertiary/aromatic N) is 4. The Hall–Kier alpha value is -2.43. The lowest BCUT2D eigenvalue weighted by atomic mass is 10.3. The molecule has 0 fully saturated rings. The summed E-state index contributed by atoms with van der Waals surface area (Å²) in [5, 5.41) is 0. The van der Waals surface area contributed by atoms with Gasteiger partial charge in [0.15, 0.2) is 5.65 Å². The number of nitrogen functional groups attached to an aromatic ring is 1. The van der Waals surface area contributed by atoms with Crippen molar-refractivity contribution in [3.63, 3.8) is 0 Å². The highest BCUT2D eigenvalue weighted by molar-refractivity contribution is 5.74. The average Bonchev–Trinajstić information content (AvgIpc) is 2.65. The maximum atomic E-state index is 5.97. The summed E-state index contributed by atoms with van der Waals surface area (Å²) in [5.74, 6) is 0.469. The van der Waals surface area contributed by atoms with Crippen molar-refractivity contribution in [2.24, 2.45) is 0 Å². The van der Waals surface area contributed by atoms with Gasteiger partial charge in [-0.3, -0.25) is 9.55 Å². The van der Waals surface area contributed by atoms with Gasteiger partial charge in [-0.15, -0.1) is 0 Å². The zero-order valence-corrected chi connectivity index (χ0v) is 11.0. The third kappa shape index (κ3) is 2.14. The molecule has 3 aromatic rings. The Morgan fingerprint density at radius 1 is 1.21 bits per heavy atom.